The van der Waals surface area contributed by atoms with Crippen LogP contribution < -0.4 is 10.6 Å². The lowest BCUT2D eigenvalue weighted by molar-refractivity contribution is -0.0624. The monoisotopic (exact) mass is 503 g/mol. The van der Waals surface area contributed by atoms with Gasteiger partial charge in [-0.3, -0.25) is 4.99 Å². The molecule has 0 saturated heterocycles. The minimum absolute atomic E-state index is 0. The zero-order valence-electron chi connectivity index (χ0n) is 16.8. The smallest absolute Gasteiger partial charge is 0.191 e. The van der Waals surface area contributed by atoms with Gasteiger partial charge in [0.05, 0.1) is 17.9 Å². The van der Waals surface area contributed by atoms with E-state index in [0.29, 0.717) is 13.0 Å². The summed E-state index contributed by atoms with van der Waals surface area (Å²) in [7, 11) is -2.94. The van der Waals surface area contributed by atoms with Gasteiger partial charge in [-0.05, 0) is 39.5 Å². The van der Waals surface area contributed by atoms with Crippen molar-refractivity contribution in [3.05, 3.63) is 0 Å². The lowest BCUT2D eigenvalue weighted by atomic mass is 9.84. The second kappa shape index (κ2) is 13.1. The summed E-state index contributed by atoms with van der Waals surface area (Å²) in [5.74, 6) is 0.929. The Balaban J connectivity index is 0.00000625. The lowest BCUT2D eigenvalue weighted by Crippen LogP contribution is -2.45. The second-order valence-corrected chi connectivity index (χ2v) is 9.51. The highest BCUT2D eigenvalue weighted by molar-refractivity contribution is 14.0. The molecule has 156 valence electrons. The Morgan fingerprint density at radius 2 is 1.88 bits per heavy atom. The van der Waals surface area contributed by atoms with E-state index in [-0.39, 0.29) is 41.4 Å². The number of halogens is 1. The Morgan fingerprint density at radius 3 is 2.42 bits per heavy atom. The van der Waals surface area contributed by atoms with Gasteiger partial charge in [-0.15, -0.1) is 24.0 Å². The van der Waals surface area contributed by atoms with Crippen LogP contribution in [-0.4, -0.2) is 57.7 Å². The van der Waals surface area contributed by atoms with Crippen molar-refractivity contribution in [2.45, 2.75) is 77.4 Å². The molecule has 6 nitrogen and oxygen atoms in total. The van der Waals surface area contributed by atoms with Gasteiger partial charge >= 0.3 is 0 Å². The van der Waals surface area contributed by atoms with Gasteiger partial charge in [0.2, 0.25) is 0 Å². The molecule has 0 aromatic heterocycles. The molecule has 26 heavy (non-hydrogen) atoms. The van der Waals surface area contributed by atoms with Crippen molar-refractivity contribution in [3.8, 4) is 0 Å². The van der Waals surface area contributed by atoms with Crippen LogP contribution in [0.15, 0.2) is 4.99 Å². The predicted octanol–water partition coefficient (Wildman–Crippen LogP) is 3.11. The molecule has 1 rings (SSSR count). The van der Waals surface area contributed by atoms with Crippen molar-refractivity contribution >= 4 is 39.8 Å². The number of hydrogen-bond donors (Lipinski definition) is 2. The van der Waals surface area contributed by atoms with Crippen molar-refractivity contribution in [1.29, 1.82) is 0 Å². The summed E-state index contributed by atoms with van der Waals surface area (Å²) in [5.41, 5.74) is -0.132. The SMILES string of the molecule is CCCOC1(CN=C(NCC)NC(C)CCS(C)(=O)=O)CCCCC1.I. The Labute approximate surface area is 177 Å². The third kappa shape index (κ3) is 10.9. The quantitative estimate of drug-likeness (QED) is 0.272. The minimum Gasteiger partial charge on any atom is -0.373 e. The zero-order valence-corrected chi connectivity index (χ0v) is 20.0. The van der Waals surface area contributed by atoms with Gasteiger partial charge in [-0.2, -0.15) is 0 Å². The number of nitrogens with one attached hydrogen (secondary N) is 2. The van der Waals surface area contributed by atoms with Gasteiger partial charge in [0.1, 0.15) is 9.84 Å². The van der Waals surface area contributed by atoms with Crippen LogP contribution in [0.1, 0.15) is 65.7 Å². The standard InChI is InChI=1S/C18H37N3O3S.HI/c1-5-13-24-18(11-8-7-9-12-18)15-20-17(19-6-2)21-16(3)10-14-25(4,22)23;/h16H,5-15H2,1-4H3,(H2,19,20,21);1H. The highest BCUT2D eigenvalue weighted by Gasteiger charge is 2.32. The summed E-state index contributed by atoms with van der Waals surface area (Å²) in [5, 5.41) is 6.58. The average molecular weight is 503 g/mol. The number of rotatable bonds is 10. The first-order valence-corrected chi connectivity index (χ1v) is 11.7. The van der Waals surface area contributed by atoms with Crippen molar-refractivity contribution in [1.82, 2.24) is 10.6 Å². The zero-order chi connectivity index (χ0) is 18.8. The summed E-state index contributed by atoms with van der Waals surface area (Å²) in [6, 6.07) is 0.0476. The van der Waals surface area contributed by atoms with Crippen LogP contribution in [0.5, 0.6) is 0 Å². The van der Waals surface area contributed by atoms with Crippen LogP contribution in [0.25, 0.3) is 0 Å². The highest BCUT2D eigenvalue weighted by atomic mass is 127. The normalized spacial score (nSPS) is 18.7. The molecule has 0 radical (unpaired) electrons. The van der Waals surface area contributed by atoms with Crippen molar-refractivity contribution in [3.63, 3.8) is 0 Å². The summed E-state index contributed by atoms with van der Waals surface area (Å²) in [4.78, 5) is 4.77. The maximum atomic E-state index is 11.3. The van der Waals surface area contributed by atoms with Crippen LogP contribution >= 0.6 is 24.0 Å². The van der Waals surface area contributed by atoms with Gasteiger partial charge in [-0.25, -0.2) is 8.42 Å². The van der Waals surface area contributed by atoms with E-state index in [0.717, 1.165) is 38.4 Å². The van der Waals surface area contributed by atoms with Gasteiger partial charge in [-0.1, -0.05) is 26.2 Å². The third-order valence-electron chi connectivity index (χ3n) is 4.55. The van der Waals surface area contributed by atoms with Crippen LogP contribution in [0, 0.1) is 0 Å². The number of sulfone groups is 1. The molecule has 0 aliphatic heterocycles. The minimum atomic E-state index is -2.94. The molecule has 1 unspecified atom stereocenters. The fraction of sp³-hybridized carbons (Fsp3) is 0.944. The van der Waals surface area contributed by atoms with E-state index in [9.17, 15) is 8.42 Å². The van der Waals surface area contributed by atoms with Crippen molar-refractivity contribution < 1.29 is 13.2 Å². The van der Waals surface area contributed by atoms with Crippen LogP contribution in [-0.2, 0) is 14.6 Å². The molecule has 1 atom stereocenters. The van der Waals surface area contributed by atoms with Gasteiger partial charge < -0.3 is 15.4 Å². The molecule has 8 heteroatoms. The molecule has 0 spiro atoms. The molecule has 0 amide bonds. The van der Waals surface area contributed by atoms with Crippen molar-refractivity contribution in [2.24, 2.45) is 4.99 Å². The average Bonchev–Trinajstić information content (AvgIpc) is 2.57. The molecule has 1 aliphatic rings. The van der Waals surface area contributed by atoms with Crippen LogP contribution in [0.4, 0.5) is 0 Å². The largest absolute Gasteiger partial charge is 0.373 e. The summed E-state index contributed by atoms with van der Waals surface area (Å²) >= 11 is 0. The van der Waals surface area contributed by atoms with Crippen LogP contribution in [0.3, 0.4) is 0 Å². The van der Waals surface area contributed by atoms with Gasteiger partial charge in [0.15, 0.2) is 5.96 Å². The molecule has 1 aliphatic carbocycles. The molecular weight excluding hydrogens is 465 g/mol. The number of aliphatic imine (C=N–C) groups is 1. The van der Waals surface area contributed by atoms with E-state index in [1.165, 1.54) is 25.5 Å². The fourth-order valence-corrected chi connectivity index (χ4v) is 3.88. The molecular formula is C18H38IN3O3S. The summed E-state index contributed by atoms with van der Waals surface area (Å²) in [6.45, 7) is 8.36. The molecule has 0 aromatic carbocycles. The molecule has 1 saturated carbocycles. The Kier molecular flexibility index (Phi) is 13.1. The first-order chi connectivity index (χ1) is 11.8. The van der Waals surface area contributed by atoms with E-state index < -0.39 is 9.84 Å². The van der Waals surface area contributed by atoms with E-state index in [1.54, 1.807) is 0 Å². The highest BCUT2D eigenvalue weighted by Crippen LogP contribution is 2.32. The third-order valence-corrected chi connectivity index (χ3v) is 5.53. The van der Waals surface area contributed by atoms with Gasteiger partial charge in [0, 0.05) is 25.4 Å². The maximum absolute atomic E-state index is 11.3. The summed E-state index contributed by atoms with van der Waals surface area (Å²) in [6.07, 6.45) is 8.69. The number of ether oxygens (including phenoxy) is 1. The number of guanidine groups is 1. The predicted molar refractivity (Wildman–Crippen MR) is 120 cm³/mol. The van der Waals surface area contributed by atoms with Crippen LogP contribution in [0.2, 0.25) is 0 Å². The van der Waals surface area contributed by atoms with Crippen molar-refractivity contribution in [2.75, 3.05) is 31.7 Å². The first kappa shape index (κ1) is 25.9. The Hall–Kier alpha value is -0.0900. The van der Waals surface area contributed by atoms with E-state index in [1.807, 2.05) is 13.8 Å². The molecule has 0 aromatic rings. The van der Waals surface area contributed by atoms with E-state index in [4.69, 9.17) is 9.73 Å². The molecule has 0 heterocycles. The lowest BCUT2D eigenvalue weighted by Gasteiger charge is -2.36. The van der Waals surface area contributed by atoms with Gasteiger partial charge in [0.25, 0.3) is 0 Å². The number of nitrogens with zero attached hydrogens (tertiary/aromatic N) is 1. The Morgan fingerprint density at radius 1 is 1.23 bits per heavy atom. The number of hydrogen-bond acceptors (Lipinski definition) is 4. The second-order valence-electron chi connectivity index (χ2n) is 7.25. The van der Waals surface area contributed by atoms with E-state index in [2.05, 4.69) is 17.6 Å². The topological polar surface area (TPSA) is 79.8 Å². The Bertz CT molecular complexity index is 506. The molecule has 1 fully saturated rings. The first-order valence-electron chi connectivity index (χ1n) is 9.67. The van der Waals surface area contributed by atoms with E-state index >= 15 is 0 Å². The molecule has 0 bridgehead atoms. The summed E-state index contributed by atoms with van der Waals surface area (Å²) < 4.78 is 28.9. The molecule has 2 N–H and O–H groups in total. The maximum Gasteiger partial charge on any atom is 0.191 e. The fourth-order valence-electron chi connectivity index (χ4n) is 3.10.